The van der Waals surface area contributed by atoms with E-state index in [4.69, 9.17) is 4.74 Å². The van der Waals surface area contributed by atoms with Gasteiger partial charge in [-0.3, -0.25) is 0 Å². The van der Waals surface area contributed by atoms with Crippen molar-refractivity contribution in [1.82, 2.24) is 5.32 Å². The third-order valence-electron chi connectivity index (χ3n) is 5.23. The van der Waals surface area contributed by atoms with Crippen molar-refractivity contribution in [3.63, 3.8) is 0 Å². The Hall–Kier alpha value is 0.270. The molecule has 0 heterocycles. The summed E-state index contributed by atoms with van der Waals surface area (Å²) in [7, 11) is 1.79. The van der Waals surface area contributed by atoms with Gasteiger partial charge in [-0.25, -0.2) is 0 Å². The molecule has 1 N–H and O–H groups in total. The predicted octanol–water partition coefficient (Wildman–Crippen LogP) is 3.56. The topological polar surface area (TPSA) is 21.3 Å². The van der Waals surface area contributed by atoms with Gasteiger partial charge in [-0.05, 0) is 60.9 Å². The van der Waals surface area contributed by atoms with Crippen LogP contribution in [0.15, 0.2) is 0 Å². The standard InChI is InChI=1S/C16H31NOS/c1-3-19-10-4-7-16(13-17-8-9-18-2)12-14-5-6-15(16)11-14/h14-15,17H,3-13H2,1-2H3. The van der Waals surface area contributed by atoms with Crippen molar-refractivity contribution in [1.29, 1.82) is 0 Å². The summed E-state index contributed by atoms with van der Waals surface area (Å²) >= 11 is 2.10. The Labute approximate surface area is 123 Å². The van der Waals surface area contributed by atoms with Gasteiger partial charge in [-0.15, -0.1) is 0 Å². The molecule has 0 spiro atoms. The fourth-order valence-corrected chi connectivity index (χ4v) is 4.99. The Bertz CT molecular complexity index is 247. The van der Waals surface area contributed by atoms with E-state index in [0.717, 1.165) is 25.0 Å². The highest BCUT2D eigenvalue weighted by molar-refractivity contribution is 7.99. The molecule has 2 bridgehead atoms. The van der Waals surface area contributed by atoms with Crippen molar-refractivity contribution >= 4 is 11.8 Å². The van der Waals surface area contributed by atoms with Crippen molar-refractivity contribution in [2.24, 2.45) is 17.3 Å². The zero-order valence-corrected chi connectivity index (χ0v) is 13.6. The van der Waals surface area contributed by atoms with Gasteiger partial charge in [0.05, 0.1) is 6.61 Å². The Kier molecular flexibility index (Phi) is 6.51. The lowest BCUT2D eigenvalue weighted by atomic mass is 9.70. The highest BCUT2D eigenvalue weighted by atomic mass is 32.2. The SMILES string of the molecule is CCSCCCC1(CNCCOC)CC2CCC1C2. The van der Waals surface area contributed by atoms with E-state index in [0.29, 0.717) is 5.41 Å². The van der Waals surface area contributed by atoms with Crippen molar-refractivity contribution in [3.05, 3.63) is 0 Å². The Morgan fingerprint density at radius 2 is 2.26 bits per heavy atom. The smallest absolute Gasteiger partial charge is 0.0587 e. The van der Waals surface area contributed by atoms with Gasteiger partial charge >= 0.3 is 0 Å². The molecule has 2 rings (SSSR count). The summed E-state index contributed by atoms with van der Waals surface area (Å²) in [5.74, 6) is 4.69. The van der Waals surface area contributed by atoms with Gasteiger partial charge in [-0.1, -0.05) is 13.3 Å². The molecule has 0 radical (unpaired) electrons. The average molecular weight is 285 g/mol. The van der Waals surface area contributed by atoms with E-state index < -0.39 is 0 Å². The van der Waals surface area contributed by atoms with Gasteiger partial charge in [0, 0.05) is 20.2 Å². The number of thioether (sulfide) groups is 1. The van der Waals surface area contributed by atoms with Gasteiger partial charge in [0.2, 0.25) is 0 Å². The molecule has 0 aliphatic heterocycles. The molecule has 2 aliphatic rings. The van der Waals surface area contributed by atoms with Crippen LogP contribution in [0.2, 0.25) is 0 Å². The van der Waals surface area contributed by atoms with Crippen LogP contribution in [0.25, 0.3) is 0 Å². The van der Waals surface area contributed by atoms with Crippen LogP contribution in [0.4, 0.5) is 0 Å². The molecule has 19 heavy (non-hydrogen) atoms. The van der Waals surface area contributed by atoms with Gasteiger partial charge in [0.1, 0.15) is 0 Å². The van der Waals surface area contributed by atoms with Gasteiger partial charge in [-0.2, -0.15) is 11.8 Å². The van der Waals surface area contributed by atoms with Crippen LogP contribution in [0.3, 0.4) is 0 Å². The largest absolute Gasteiger partial charge is 0.383 e. The predicted molar refractivity (Wildman–Crippen MR) is 84.9 cm³/mol. The second-order valence-corrected chi connectivity index (χ2v) is 7.81. The highest BCUT2D eigenvalue weighted by Crippen LogP contribution is 2.57. The van der Waals surface area contributed by atoms with Crippen molar-refractivity contribution < 1.29 is 4.74 Å². The molecule has 0 saturated heterocycles. The monoisotopic (exact) mass is 285 g/mol. The first-order valence-electron chi connectivity index (χ1n) is 8.08. The summed E-state index contributed by atoms with van der Waals surface area (Å²) < 4.78 is 5.15. The number of hydrogen-bond donors (Lipinski definition) is 1. The Morgan fingerprint density at radius 3 is 2.89 bits per heavy atom. The van der Waals surface area contributed by atoms with E-state index >= 15 is 0 Å². The van der Waals surface area contributed by atoms with E-state index in [1.807, 2.05) is 0 Å². The lowest BCUT2D eigenvalue weighted by Gasteiger charge is -2.38. The Morgan fingerprint density at radius 1 is 1.37 bits per heavy atom. The fourth-order valence-electron chi connectivity index (χ4n) is 4.35. The van der Waals surface area contributed by atoms with Crippen LogP contribution in [0, 0.1) is 17.3 Å². The molecule has 2 aliphatic carbocycles. The molecule has 112 valence electrons. The number of ether oxygens (including phenoxy) is 1. The van der Waals surface area contributed by atoms with E-state index in [1.165, 1.54) is 56.6 Å². The van der Waals surface area contributed by atoms with Crippen molar-refractivity contribution in [3.8, 4) is 0 Å². The van der Waals surface area contributed by atoms with E-state index in [-0.39, 0.29) is 0 Å². The minimum absolute atomic E-state index is 0.630. The first kappa shape index (κ1) is 15.7. The Balaban J connectivity index is 1.79. The lowest BCUT2D eigenvalue weighted by molar-refractivity contribution is 0.133. The van der Waals surface area contributed by atoms with Crippen LogP contribution in [0.5, 0.6) is 0 Å². The van der Waals surface area contributed by atoms with Crippen molar-refractivity contribution in [2.45, 2.75) is 45.4 Å². The minimum Gasteiger partial charge on any atom is -0.383 e. The van der Waals surface area contributed by atoms with Crippen molar-refractivity contribution in [2.75, 3.05) is 38.3 Å². The number of rotatable bonds is 10. The molecule has 2 saturated carbocycles. The zero-order valence-electron chi connectivity index (χ0n) is 12.7. The van der Waals surface area contributed by atoms with E-state index in [2.05, 4.69) is 24.0 Å². The third-order valence-corrected chi connectivity index (χ3v) is 6.22. The molecule has 2 fully saturated rings. The molecule has 0 amide bonds. The maximum absolute atomic E-state index is 5.15. The summed E-state index contributed by atoms with van der Waals surface area (Å²) in [6.07, 6.45) is 8.88. The van der Waals surface area contributed by atoms with E-state index in [9.17, 15) is 0 Å². The normalized spacial score (nSPS) is 33.2. The summed E-state index contributed by atoms with van der Waals surface area (Å²) in [5, 5.41) is 3.66. The fraction of sp³-hybridized carbons (Fsp3) is 1.00. The second-order valence-electron chi connectivity index (χ2n) is 6.41. The number of fused-ring (bicyclic) bond motifs is 2. The lowest BCUT2D eigenvalue weighted by Crippen LogP contribution is -2.40. The first-order chi connectivity index (χ1) is 9.30. The third kappa shape index (κ3) is 4.12. The summed E-state index contributed by atoms with van der Waals surface area (Å²) in [5.41, 5.74) is 0.630. The molecular formula is C16H31NOS. The van der Waals surface area contributed by atoms with Crippen LogP contribution >= 0.6 is 11.8 Å². The van der Waals surface area contributed by atoms with Gasteiger partial charge in [0.25, 0.3) is 0 Å². The van der Waals surface area contributed by atoms with Crippen LogP contribution in [0.1, 0.15) is 45.4 Å². The maximum atomic E-state index is 5.15. The maximum Gasteiger partial charge on any atom is 0.0587 e. The number of methoxy groups -OCH3 is 1. The molecule has 0 aromatic rings. The van der Waals surface area contributed by atoms with Gasteiger partial charge in [0.15, 0.2) is 0 Å². The quantitative estimate of drug-likeness (QED) is 0.620. The molecule has 3 atom stereocenters. The minimum atomic E-state index is 0.630. The number of hydrogen-bond acceptors (Lipinski definition) is 3. The van der Waals surface area contributed by atoms with Gasteiger partial charge < -0.3 is 10.1 Å². The second kappa shape index (κ2) is 7.90. The highest BCUT2D eigenvalue weighted by Gasteiger charge is 2.49. The number of nitrogens with one attached hydrogen (secondary N) is 1. The summed E-state index contributed by atoms with van der Waals surface area (Å²) in [6, 6.07) is 0. The molecule has 3 heteroatoms. The zero-order chi connectivity index (χ0) is 13.6. The summed E-state index contributed by atoms with van der Waals surface area (Å²) in [4.78, 5) is 0. The molecule has 0 aromatic carbocycles. The molecule has 3 unspecified atom stereocenters. The molecule has 0 aromatic heterocycles. The van der Waals surface area contributed by atoms with Crippen LogP contribution in [-0.4, -0.2) is 38.3 Å². The molecule has 2 nitrogen and oxygen atoms in total. The summed E-state index contributed by atoms with van der Waals surface area (Å²) in [6.45, 7) is 5.35. The van der Waals surface area contributed by atoms with Crippen LogP contribution in [-0.2, 0) is 4.74 Å². The average Bonchev–Trinajstić information content (AvgIpc) is 3.01. The molecular weight excluding hydrogens is 254 g/mol. The van der Waals surface area contributed by atoms with E-state index in [1.54, 1.807) is 7.11 Å². The van der Waals surface area contributed by atoms with Crippen LogP contribution < -0.4 is 5.32 Å². The first-order valence-corrected chi connectivity index (χ1v) is 9.23.